The molecule has 1 aromatic rings. The summed E-state index contributed by atoms with van der Waals surface area (Å²) < 4.78 is 27.9. The minimum absolute atomic E-state index is 0.111. The van der Waals surface area contributed by atoms with E-state index in [0.717, 1.165) is 10.5 Å². The van der Waals surface area contributed by atoms with Gasteiger partial charge in [0.1, 0.15) is 6.61 Å². The molecule has 1 N–H and O–H groups in total. The van der Waals surface area contributed by atoms with Gasteiger partial charge >= 0.3 is 6.09 Å². The number of aliphatic hydroxyl groups is 1. The number of sulfone groups is 1. The van der Waals surface area contributed by atoms with Gasteiger partial charge in [0.15, 0.2) is 9.84 Å². The summed E-state index contributed by atoms with van der Waals surface area (Å²) >= 11 is 0. The average molecular weight is 299 g/mol. The van der Waals surface area contributed by atoms with E-state index in [1.54, 1.807) is 0 Å². The second-order valence-corrected chi connectivity index (χ2v) is 7.02. The van der Waals surface area contributed by atoms with Crippen LogP contribution in [0.4, 0.5) is 4.79 Å². The molecule has 0 saturated carbocycles. The van der Waals surface area contributed by atoms with Crippen LogP contribution in [0, 0.1) is 0 Å². The van der Waals surface area contributed by atoms with Gasteiger partial charge in [0.05, 0.1) is 23.7 Å². The van der Waals surface area contributed by atoms with Crippen LogP contribution in [0.15, 0.2) is 30.3 Å². The van der Waals surface area contributed by atoms with Crippen LogP contribution in [-0.4, -0.2) is 55.2 Å². The van der Waals surface area contributed by atoms with Crippen molar-refractivity contribution in [3.63, 3.8) is 0 Å². The van der Waals surface area contributed by atoms with Crippen molar-refractivity contribution in [2.45, 2.75) is 18.8 Å². The highest BCUT2D eigenvalue weighted by Gasteiger charge is 2.40. The lowest BCUT2D eigenvalue weighted by atomic mass is 10.2. The van der Waals surface area contributed by atoms with Gasteiger partial charge in [0, 0.05) is 7.05 Å². The first-order chi connectivity index (χ1) is 9.39. The molecule has 110 valence electrons. The SMILES string of the molecule is CN(C(=O)OCc1ccccc1)[C@@H]1CS(=O)(=O)C[C@H]1O. The molecule has 6 nitrogen and oxygen atoms in total. The van der Waals surface area contributed by atoms with E-state index in [1.807, 2.05) is 30.3 Å². The van der Waals surface area contributed by atoms with Crippen molar-refractivity contribution in [1.29, 1.82) is 0 Å². The molecule has 1 saturated heterocycles. The lowest BCUT2D eigenvalue weighted by molar-refractivity contribution is 0.0619. The maximum absolute atomic E-state index is 11.9. The largest absolute Gasteiger partial charge is 0.445 e. The first-order valence-corrected chi connectivity index (χ1v) is 8.03. The molecule has 1 heterocycles. The highest BCUT2D eigenvalue weighted by Crippen LogP contribution is 2.18. The number of nitrogens with zero attached hydrogens (tertiary/aromatic N) is 1. The van der Waals surface area contributed by atoms with Crippen molar-refractivity contribution in [3.8, 4) is 0 Å². The number of likely N-dealkylation sites (N-methyl/N-ethyl adjacent to an activating group) is 1. The Morgan fingerprint density at radius 2 is 2.00 bits per heavy atom. The summed E-state index contributed by atoms with van der Waals surface area (Å²) in [6, 6.07) is 8.42. The summed E-state index contributed by atoms with van der Waals surface area (Å²) in [4.78, 5) is 13.0. The summed E-state index contributed by atoms with van der Waals surface area (Å²) in [5, 5.41) is 9.70. The molecule has 1 fully saturated rings. The minimum Gasteiger partial charge on any atom is -0.445 e. The second-order valence-electron chi connectivity index (χ2n) is 4.86. The van der Waals surface area contributed by atoms with E-state index < -0.39 is 28.1 Å². The normalized spacial score (nSPS) is 24.3. The first-order valence-electron chi connectivity index (χ1n) is 6.21. The Morgan fingerprint density at radius 1 is 1.35 bits per heavy atom. The molecular weight excluding hydrogens is 282 g/mol. The Labute approximate surface area is 117 Å². The summed E-state index contributed by atoms with van der Waals surface area (Å²) in [5.41, 5.74) is 0.842. The van der Waals surface area contributed by atoms with Crippen LogP contribution in [0.1, 0.15) is 5.56 Å². The number of aliphatic hydroxyl groups excluding tert-OH is 1. The molecule has 1 aromatic carbocycles. The van der Waals surface area contributed by atoms with Gasteiger partial charge in [0.2, 0.25) is 0 Å². The van der Waals surface area contributed by atoms with E-state index in [0.29, 0.717) is 0 Å². The summed E-state index contributed by atoms with van der Waals surface area (Å²) in [6.45, 7) is 0.111. The van der Waals surface area contributed by atoms with E-state index in [4.69, 9.17) is 4.74 Å². The zero-order valence-electron chi connectivity index (χ0n) is 11.1. The van der Waals surface area contributed by atoms with E-state index in [-0.39, 0.29) is 18.1 Å². The molecule has 0 aliphatic carbocycles. The van der Waals surface area contributed by atoms with Gasteiger partial charge in [-0.25, -0.2) is 13.2 Å². The highest BCUT2D eigenvalue weighted by atomic mass is 32.2. The lowest BCUT2D eigenvalue weighted by Crippen LogP contribution is -2.44. The van der Waals surface area contributed by atoms with Crippen LogP contribution < -0.4 is 0 Å². The third-order valence-corrected chi connectivity index (χ3v) is 4.98. The van der Waals surface area contributed by atoms with Crippen molar-refractivity contribution in [2.75, 3.05) is 18.6 Å². The van der Waals surface area contributed by atoms with E-state index in [1.165, 1.54) is 7.05 Å². The van der Waals surface area contributed by atoms with E-state index in [9.17, 15) is 18.3 Å². The number of carbonyl (C=O) groups is 1. The van der Waals surface area contributed by atoms with Gasteiger partial charge < -0.3 is 14.7 Å². The van der Waals surface area contributed by atoms with Crippen LogP contribution in [0.3, 0.4) is 0 Å². The van der Waals surface area contributed by atoms with E-state index in [2.05, 4.69) is 0 Å². The number of rotatable bonds is 3. The van der Waals surface area contributed by atoms with Crippen molar-refractivity contribution in [1.82, 2.24) is 4.90 Å². The van der Waals surface area contributed by atoms with Gasteiger partial charge in [-0.15, -0.1) is 0 Å². The molecule has 2 atom stereocenters. The zero-order valence-corrected chi connectivity index (χ0v) is 11.9. The average Bonchev–Trinajstić information content (AvgIpc) is 2.69. The van der Waals surface area contributed by atoms with Crippen LogP contribution >= 0.6 is 0 Å². The molecule has 0 bridgehead atoms. The predicted octanol–water partition coefficient (Wildman–Crippen LogP) is 0.413. The number of benzene rings is 1. The zero-order chi connectivity index (χ0) is 14.8. The Balaban J connectivity index is 1.93. The fraction of sp³-hybridized carbons (Fsp3) is 0.462. The number of hydrogen-bond acceptors (Lipinski definition) is 5. The molecule has 7 heteroatoms. The Hall–Kier alpha value is -1.60. The van der Waals surface area contributed by atoms with Crippen molar-refractivity contribution in [3.05, 3.63) is 35.9 Å². The van der Waals surface area contributed by atoms with Gasteiger partial charge in [0.25, 0.3) is 0 Å². The smallest absolute Gasteiger partial charge is 0.410 e. The topological polar surface area (TPSA) is 83.9 Å². The second kappa shape index (κ2) is 5.80. The first kappa shape index (κ1) is 14.8. The number of amides is 1. The third-order valence-electron chi connectivity index (χ3n) is 3.28. The molecule has 1 aliphatic rings. The van der Waals surface area contributed by atoms with Crippen molar-refractivity contribution >= 4 is 15.9 Å². The molecule has 0 radical (unpaired) electrons. The third kappa shape index (κ3) is 3.49. The Bertz CT molecular complexity index is 572. The Kier molecular flexibility index (Phi) is 4.29. The number of ether oxygens (including phenoxy) is 1. The standard InChI is InChI=1S/C13H17NO5S/c1-14(11-8-20(17,18)9-12(11)15)13(16)19-7-10-5-3-2-4-6-10/h2-6,11-12,15H,7-9H2,1H3/t11-,12-/m1/s1. The fourth-order valence-electron chi connectivity index (χ4n) is 2.14. The van der Waals surface area contributed by atoms with Crippen molar-refractivity contribution < 1.29 is 23.1 Å². The van der Waals surface area contributed by atoms with Gasteiger partial charge in [-0.1, -0.05) is 30.3 Å². The highest BCUT2D eigenvalue weighted by molar-refractivity contribution is 7.91. The molecule has 2 rings (SSSR count). The molecule has 0 unspecified atom stereocenters. The van der Waals surface area contributed by atoms with Gasteiger partial charge in [-0.2, -0.15) is 0 Å². The quantitative estimate of drug-likeness (QED) is 0.874. The van der Waals surface area contributed by atoms with Crippen LogP contribution in [0.5, 0.6) is 0 Å². The molecule has 1 aliphatic heterocycles. The van der Waals surface area contributed by atoms with Crippen molar-refractivity contribution in [2.24, 2.45) is 0 Å². The predicted molar refractivity (Wildman–Crippen MR) is 72.8 cm³/mol. The van der Waals surface area contributed by atoms with Gasteiger partial charge in [-0.05, 0) is 5.56 Å². The number of hydrogen-bond donors (Lipinski definition) is 1. The molecule has 20 heavy (non-hydrogen) atoms. The summed E-state index contributed by atoms with van der Waals surface area (Å²) in [5.74, 6) is -0.543. The van der Waals surface area contributed by atoms with Gasteiger partial charge in [-0.3, -0.25) is 0 Å². The molecule has 1 amide bonds. The molecule has 0 spiro atoms. The van der Waals surface area contributed by atoms with Crippen LogP contribution in [0.25, 0.3) is 0 Å². The Morgan fingerprint density at radius 3 is 2.55 bits per heavy atom. The molecular formula is C13H17NO5S. The summed E-state index contributed by atoms with van der Waals surface area (Å²) in [6.07, 6.45) is -1.70. The minimum atomic E-state index is -3.29. The maximum atomic E-state index is 11.9. The monoisotopic (exact) mass is 299 g/mol. The lowest BCUT2D eigenvalue weighted by Gasteiger charge is -2.25. The fourth-order valence-corrected chi connectivity index (χ4v) is 3.98. The van der Waals surface area contributed by atoms with Crippen LogP contribution in [0.2, 0.25) is 0 Å². The summed E-state index contributed by atoms with van der Waals surface area (Å²) in [7, 11) is -1.86. The number of carbonyl (C=O) groups excluding carboxylic acids is 1. The molecule has 0 aromatic heterocycles. The van der Waals surface area contributed by atoms with E-state index >= 15 is 0 Å². The van der Waals surface area contributed by atoms with Crippen LogP contribution in [-0.2, 0) is 21.2 Å². The maximum Gasteiger partial charge on any atom is 0.410 e.